The molecule has 1 aliphatic carbocycles. The van der Waals surface area contributed by atoms with Crippen LogP contribution in [0.4, 0.5) is 5.95 Å². The van der Waals surface area contributed by atoms with E-state index in [1.54, 1.807) is 0 Å². The monoisotopic (exact) mass is 207 g/mol. The van der Waals surface area contributed by atoms with Gasteiger partial charge in [-0.15, -0.1) is 0 Å². The lowest BCUT2D eigenvalue weighted by Gasteiger charge is -2.10. The van der Waals surface area contributed by atoms with E-state index in [1.807, 2.05) is 6.20 Å². The van der Waals surface area contributed by atoms with Gasteiger partial charge in [0.05, 0.1) is 0 Å². The van der Waals surface area contributed by atoms with Gasteiger partial charge in [-0.25, -0.2) is 4.98 Å². The van der Waals surface area contributed by atoms with E-state index in [1.165, 1.54) is 19.3 Å². The third-order valence-corrected chi connectivity index (χ3v) is 2.86. The van der Waals surface area contributed by atoms with Crippen LogP contribution in [0.25, 0.3) is 0 Å². The van der Waals surface area contributed by atoms with Gasteiger partial charge in [-0.05, 0) is 18.3 Å². The topological polar surface area (TPSA) is 29.9 Å². The Hall–Kier alpha value is -0.990. The van der Waals surface area contributed by atoms with E-state index >= 15 is 0 Å². The molecule has 1 aliphatic rings. The van der Waals surface area contributed by atoms with E-state index in [2.05, 4.69) is 34.9 Å². The van der Waals surface area contributed by atoms with Crippen molar-refractivity contribution in [2.75, 3.05) is 11.9 Å². The fourth-order valence-corrected chi connectivity index (χ4v) is 1.68. The molecule has 3 nitrogen and oxygen atoms in total. The summed E-state index contributed by atoms with van der Waals surface area (Å²) in [5, 5.41) is 3.39. The Labute approximate surface area is 91.9 Å². The van der Waals surface area contributed by atoms with Crippen molar-refractivity contribution in [1.82, 2.24) is 9.55 Å². The molecule has 0 radical (unpaired) electrons. The molecule has 1 saturated carbocycles. The highest BCUT2D eigenvalue weighted by atomic mass is 15.2. The average molecular weight is 207 g/mol. The van der Waals surface area contributed by atoms with Crippen molar-refractivity contribution >= 4 is 5.95 Å². The fourth-order valence-electron chi connectivity index (χ4n) is 1.68. The van der Waals surface area contributed by atoms with Crippen LogP contribution in [0.15, 0.2) is 12.4 Å². The molecule has 0 spiro atoms. The molecule has 0 amide bonds. The predicted molar refractivity (Wildman–Crippen MR) is 62.9 cm³/mol. The normalized spacial score (nSPS) is 15.9. The Morgan fingerprint density at radius 1 is 1.53 bits per heavy atom. The average Bonchev–Trinajstić information content (AvgIpc) is 2.92. The molecule has 1 aromatic heterocycles. The Morgan fingerprint density at radius 3 is 3.00 bits per heavy atom. The van der Waals surface area contributed by atoms with E-state index in [0.29, 0.717) is 5.92 Å². The van der Waals surface area contributed by atoms with Crippen molar-refractivity contribution in [2.45, 2.75) is 39.7 Å². The third kappa shape index (κ3) is 3.26. The van der Waals surface area contributed by atoms with Crippen molar-refractivity contribution in [3.8, 4) is 0 Å². The minimum absolute atomic E-state index is 0.665. The first-order chi connectivity index (χ1) is 7.25. The van der Waals surface area contributed by atoms with Crippen LogP contribution in [0.5, 0.6) is 0 Å². The van der Waals surface area contributed by atoms with Crippen LogP contribution in [-0.4, -0.2) is 16.1 Å². The lowest BCUT2D eigenvalue weighted by molar-refractivity contribution is 0.595. The molecule has 1 fully saturated rings. The van der Waals surface area contributed by atoms with Crippen LogP contribution < -0.4 is 5.32 Å². The Balaban J connectivity index is 1.83. The van der Waals surface area contributed by atoms with Crippen molar-refractivity contribution in [3.05, 3.63) is 12.4 Å². The fraction of sp³-hybridized carbons (Fsp3) is 0.750. The molecule has 0 saturated heterocycles. The van der Waals surface area contributed by atoms with Gasteiger partial charge in [0.25, 0.3) is 0 Å². The van der Waals surface area contributed by atoms with Crippen molar-refractivity contribution in [1.29, 1.82) is 0 Å². The van der Waals surface area contributed by atoms with Gasteiger partial charge >= 0.3 is 0 Å². The van der Waals surface area contributed by atoms with Gasteiger partial charge in [-0.1, -0.05) is 26.7 Å². The molecule has 3 heteroatoms. The molecular weight excluding hydrogens is 186 g/mol. The van der Waals surface area contributed by atoms with Crippen LogP contribution in [0.1, 0.15) is 33.1 Å². The molecule has 0 unspecified atom stereocenters. The molecule has 84 valence electrons. The first-order valence-electron chi connectivity index (χ1n) is 6.00. The molecule has 0 aromatic carbocycles. The van der Waals surface area contributed by atoms with Crippen LogP contribution in [0.3, 0.4) is 0 Å². The lowest BCUT2D eigenvalue weighted by Crippen LogP contribution is -2.12. The zero-order valence-electron chi connectivity index (χ0n) is 9.74. The molecule has 1 N–H and O–H groups in total. The van der Waals surface area contributed by atoms with Gasteiger partial charge in [0.15, 0.2) is 0 Å². The number of rotatable bonds is 6. The van der Waals surface area contributed by atoms with E-state index in [-0.39, 0.29) is 0 Å². The number of anilines is 1. The van der Waals surface area contributed by atoms with E-state index in [9.17, 15) is 0 Å². The zero-order valence-corrected chi connectivity index (χ0v) is 9.74. The maximum atomic E-state index is 4.34. The summed E-state index contributed by atoms with van der Waals surface area (Å²) in [7, 11) is 0. The first kappa shape index (κ1) is 10.5. The van der Waals surface area contributed by atoms with Crippen LogP contribution >= 0.6 is 0 Å². The van der Waals surface area contributed by atoms with Crippen LogP contribution in [-0.2, 0) is 6.54 Å². The number of imidazole rings is 1. The molecule has 2 rings (SSSR count). The Kier molecular flexibility index (Phi) is 3.29. The predicted octanol–water partition coefficient (Wildman–Crippen LogP) is 2.75. The highest BCUT2D eigenvalue weighted by Gasteiger charge is 2.20. The molecule has 0 atom stereocenters. The number of hydrogen-bond acceptors (Lipinski definition) is 2. The molecular formula is C12H21N3. The van der Waals surface area contributed by atoms with Gasteiger partial charge in [-0.2, -0.15) is 0 Å². The van der Waals surface area contributed by atoms with Crippen molar-refractivity contribution in [2.24, 2.45) is 11.8 Å². The maximum absolute atomic E-state index is 4.34. The maximum Gasteiger partial charge on any atom is 0.202 e. The Bertz CT molecular complexity index is 279. The highest BCUT2D eigenvalue weighted by Crippen LogP contribution is 2.32. The van der Waals surface area contributed by atoms with E-state index in [4.69, 9.17) is 0 Å². The second-order valence-electron chi connectivity index (χ2n) is 4.95. The number of hydrogen-bond donors (Lipinski definition) is 1. The number of nitrogens with one attached hydrogen (secondary N) is 1. The molecule has 0 aliphatic heterocycles. The Morgan fingerprint density at radius 2 is 2.33 bits per heavy atom. The quantitative estimate of drug-likeness (QED) is 0.777. The summed E-state index contributed by atoms with van der Waals surface area (Å²) in [4.78, 5) is 4.34. The van der Waals surface area contributed by atoms with Gasteiger partial charge in [-0.3, -0.25) is 0 Å². The van der Waals surface area contributed by atoms with Gasteiger partial charge in [0, 0.05) is 25.5 Å². The van der Waals surface area contributed by atoms with E-state index in [0.717, 1.165) is 25.0 Å². The summed E-state index contributed by atoms with van der Waals surface area (Å²) in [6.07, 6.45) is 8.14. The molecule has 15 heavy (non-hydrogen) atoms. The van der Waals surface area contributed by atoms with E-state index < -0.39 is 0 Å². The summed E-state index contributed by atoms with van der Waals surface area (Å²) in [6, 6.07) is 0. The minimum atomic E-state index is 0.665. The molecule has 0 bridgehead atoms. The first-order valence-corrected chi connectivity index (χ1v) is 6.00. The lowest BCUT2D eigenvalue weighted by atomic mass is 10.2. The zero-order chi connectivity index (χ0) is 10.7. The van der Waals surface area contributed by atoms with Gasteiger partial charge < -0.3 is 9.88 Å². The molecule has 1 heterocycles. The minimum Gasteiger partial charge on any atom is -0.355 e. The summed E-state index contributed by atoms with van der Waals surface area (Å²) >= 11 is 0. The summed E-state index contributed by atoms with van der Waals surface area (Å²) in [5.41, 5.74) is 0. The standard InChI is InChI=1S/C12H21N3/c1-10(2)9-14-12-13-6-8-15(12)7-5-11-3-4-11/h6,8,10-11H,3-5,7,9H2,1-2H3,(H,13,14). The number of aromatic nitrogens is 2. The number of aryl methyl sites for hydroxylation is 1. The summed E-state index contributed by atoms with van der Waals surface area (Å²) in [5.74, 6) is 2.69. The third-order valence-electron chi connectivity index (χ3n) is 2.86. The highest BCUT2D eigenvalue weighted by molar-refractivity contribution is 5.25. The largest absolute Gasteiger partial charge is 0.355 e. The SMILES string of the molecule is CC(C)CNc1nccn1CCC1CC1. The van der Waals surface area contributed by atoms with Gasteiger partial charge in [0.2, 0.25) is 5.95 Å². The van der Waals surface area contributed by atoms with Crippen LogP contribution in [0.2, 0.25) is 0 Å². The molecule has 1 aromatic rings. The smallest absolute Gasteiger partial charge is 0.202 e. The van der Waals surface area contributed by atoms with Crippen LogP contribution in [0, 0.1) is 11.8 Å². The van der Waals surface area contributed by atoms with Crippen molar-refractivity contribution in [3.63, 3.8) is 0 Å². The second-order valence-corrected chi connectivity index (χ2v) is 4.95. The second kappa shape index (κ2) is 4.69. The number of nitrogens with zero attached hydrogens (tertiary/aromatic N) is 2. The summed E-state index contributed by atoms with van der Waals surface area (Å²) in [6.45, 7) is 6.54. The summed E-state index contributed by atoms with van der Waals surface area (Å²) < 4.78 is 2.24. The van der Waals surface area contributed by atoms with Crippen molar-refractivity contribution < 1.29 is 0 Å². The van der Waals surface area contributed by atoms with Gasteiger partial charge in [0.1, 0.15) is 0 Å².